The lowest BCUT2D eigenvalue weighted by atomic mass is 10.1. The van der Waals surface area contributed by atoms with Gasteiger partial charge in [0, 0.05) is 25.5 Å². The van der Waals surface area contributed by atoms with Gasteiger partial charge in [0.2, 0.25) is 0 Å². The molecule has 5 nitrogen and oxygen atoms in total. The number of nitrogens with one attached hydrogen (secondary N) is 1. The number of benzene rings is 1. The van der Waals surface area contributed by atoms with Gasteiger partial charge in [0.25, 0.3) is 0 Å². The molecule has 5 heteroatoms. The third-order valence-electron chi connectivity index (χ3n) is 2.81. The zero-order valence-electron chi connectivity index (χ0n) is 10.9. The molecule has 0 aliphatic carbocycles. The second kappa shape index (κ2) is 6.70. The normalized spacial score (nSPS) is 10.4. The Labute approximate surface area is 112 Å². The predicted molar refractivity (Wildman–Crippen MR) is 71.7 cm³/mol. The SMILES string of the molecule is COC(=O)c1ccccc1CNCCn1cccn1. The summed E-state index contributed by atoms with van der Waals surface area (Å²) in [4.78, 5) is 11.6. The van der Waals surface area contributed by atoms with Crippen molar-refractivity contribution < 1.29 is 9.53 Å². The maximum Gasteiger partial charge on any atom is 0.338 e. The summed E-state index contributed by atoms with van der Waals surface area (Å²) < 4.78 is 6.62. The van der Waals surface area contributed by atoms with Crippen molar-refractivity contribution in [2.75, 3.05) is 13.7 Å². The molecule has 0 bridgehead atoms. The van der Waals surface area contributed by atoms with Crippen LogP contribution >= 0.6 is 0 Å². The van der Waals surface area contributed by atoms with Crippen LogP contribution in [0.1, 0.15) is 15.9 Å². The maximum atomic E-state index is 11.6. The minimum atomic E-state index is -0.301. The van der Waals surface area contributed by atoms with Crippen LogP contribution in [0.5, 0.6) is 0 Å². The minimum absolute atomic E-state index is 0.301. The van der Waals surface area contributed by atoms with Crippen LogP contribution in [0.3, 0.4) is 0 Å². The molecule has 0 radical (unpaired) electrons. The predicted octanol–water partition coefficient (Wildman–Crippen LogP) is 1.46. The molecule has 2 rings (SSSR count). The molecule has 0 fully saturated rings. The average Bonchev–Trinajstić information content (AvgIpc) is 2.96. The number of methoxy groups -OCH3 is 1. The van der Waals surface area contributed by atoms with Crippen LogP contribution in [0.2, 0.25) is 0 Å². The van der Waals surface area contributed by atoms with E-state index >= 15 is 0 Å². The lowest BCUT2D eigenvalue weighted by molar-refractivity contribution is 0.0599. The number of carbonyl (C=O) groups is 1. The number of nitrogens with zero attached hydrogens (tertiary/aromatic N) is 2. The van der Waals surface area contributed by atoms with Gasteiger partial charge in [-0.3, -0.25) is 4.68 Å². The van der Waals surface area contributed by atoms with Crippen LogP contribution in [0.25, 0.3) is 0 Å². The number of hydrogen-bond donors (Lipinski definition) is 1. The van der Waals surface area contributed by atoms with E-state index in [1.54, 1.807) is 12.3 Å². The van der Waals surface area contributed by atoms with Crippen LogP contribution < -0.4 is 5.32 Å². The van der Waals surface area contributed by atoms with Crippen LogP contribution in [0.4, 0.5) is 0 Å². The first-order valence-corrected chi connectivity index (χ1v) is 6.15. The number of aromatic nitrogens is 2. The average molecular weight is 259 g/mol. The molecule has 0 aliphatic rings. The van der Waals surface area contributed by atoms with Crippen molar-refractivity contribution >= 4 is 5.97 Å². The topological polar surface area (TPSA) is 56.1 Å². The van der Waals surface area contributed by atoms with Crippen molar-refractivity contribution in [3.8, 4) is 0 Å². The quantitative estimate of drug-likeness (QED) is 0.630. The highest BCUT2D eigenvalue weighted by Crippen LogP contribution is 2.09. The zero-order chi connectivity index (χ0) is 13.5. The second-order valence-electron chi connectivity index (χ2n) is 4.09. The maximum absolute atomic E-state index is 11.6. The van der Waals surface area contributed by atoms with E-state index in [2.05, 4.69) is 10.4 Å². The molecule has 100 valence electrons. The molecule has 0 amide bonds. The molecular formula is C14H17N3O2. The van der Waals surface area contributed by atoms with Gasteiger partial charge in [-0.1, -0.05) is 18.2 Å². The molecule has 1 heterocycles. The van der Waals surface area contributed by atoms with Crippen LogP contribution in [-0.4, -0.2) is 29.4 Å². The molecule has 0 saturated heterocycles. The number of carbonyl (C=O) groups excluding carboxylic acids is 1. The number of ether oxygens (including phenoxy) is 1. The Bertz CT molecular complexity index is 523. The van der Waals surface area contributed by atoms with Gasteiger partial charge in [0.15, 0.2) is 0 Å². The molecule has 0 atom stereocenters. The molecule has 0 spiro atoms. The summed E-state index contributed by atoms with van der Waals surface area (Å²) in [5, 5.41) is 7.41. The summed E-state index contributed by atoms with van der Waals surface area (Å²) in [5.41, 5.74) is 1.55. The first kappa shape index (κ1) is 13.3. The number of hydrogen-bond acceptors (Lipinski definition) is 4. The third kappa shape index (κ3) is 3.66. The van der Waals surface area contributed by atoms with Crippen LogP contribution in [0.15, 0.2) is 42.7 Å². The molecule has 2 aromatic rings. The summed E-state index contributed by atoms with van der Waals surface area (Å²) in [7, 11) is 1.39. The van der Waals surface area contributed by atoms with Crippen LogP contribution in [0, 0.1) is 0 Å². The fraction of sp³-hybridized carbons (Fsp3) is 0.286. The smallest absolute Gasteiger partial charge is 0.338 e. The molecule has 19 heavy (non-hydrogen) atoms. The Morgan fingerprint density at radius 2 is 2.21 bits per heavy atom. The van der Waals surface area contributed by atoms with Gasteiger partial charge < -0.3 is 10.1 Å². The van der Waals surface area contributed by atoms with Gasteiger partial charge in [0.05, 0.1) is 19.2 Å². The Morgan fingerprint density at radius 1 is 1.37 bits per heavy atom. The van der Waals surface area contributed by atoms with E-state index in [9.17, 15) is 4.79 Å². The summed E-state index contributed by atoms with van der Waals surface area (Å²) in [5.74, 6) is -0.301. The first-order chi connectivity index (χ1) is 9.31. The van der Waals surface area contributed by atoms with Crippen molar-refractivity contribution in [1.29, 1.82) is 0 Å². The summed E-state index contributed by atoms with van der Waals surface area (Å²) in [6, 6.07) is 9.34. The fourth-order valence-corrected chi connectivity index (χ4v) is 1.83. The van der Waals surface area contributed by atoms with E-state index in [1.807, 2.05) is 35.1 Å². The standard InChI is InChI=1S/C14H17N3O2/c1-19-14(18)13-6-3-2-5-12(13)11-15-8-10-17-9-4-7-16-17/h2-7,9,15H,8,10-11H2,1H3. The largest absolute Gasteiger partial charge is 0.465 e. The molecule has 1 aromatic heterocycles. The molecule has 1 aromatic carbocycles. The highest BCUT2D eigenvalue weighted by Gasteiger charge is 2.09. The zero-order valence-corrected chi connectivity index (χ0v) is 10.9. The lowest BCUT2D eigenvalue weighted by Gasteiger charge is -2.09. The fourth-order valence-electron chi connectivity index (χ4n) is 1.83. The highest BCUT2D eigenvalue weighted by atomic mass is 16.5. The van der Waals surface area contributed by atoms with Gasteiger partial charge in [-0.15, -0.1) is 0 Å². The van der Waals surface area contributed by atoms with Crippen molar-refractivity contribution in [1.82, 2.24) is 15.1 Å². The molecule has 0 aliphatic heterocycles. The minimum Gasteiger partial charge on any atom is -0.465 e. The first-order valence-electron chi connectivity index (χ1n) is 6.15. The van der Waals surface area contributed by atoms with Crippen molar-refractivity contribution in [2.24, 2.45) is 0 Å². The number of esters is 1. The molecular weight excluding hydrogens is 242 g/mol. The van der Waals surface area contributed by atoms with E-state index in [0.29, 0.717) is 12.1 Å². The second-order valence-corrected chi connectivity index (χ2v) is 4.09. The third-order valence-corrected chi connectivity index (χ3v) is 2.81. The Morgan fingerprint density at radius 3 is 2.95 bits per heavy atom. The van der Waals surface area contributed by atoms with Gasteiger partial charge in [-0.25, -0.2) is 4.79 Å². The monoisotopic (exact) mass is 259 g/mol. The van der Waals surface area contributed by atoms with E-state index in [4.69, 9.17) is 4.74 Å². The number of rotatable bonds is 6. The molecule has 0 unspecified atom stereocenters. The molecule has 0 saturated carbocycles. The van der Waals surface area contributed by atoms with Gasteiger partial charge in [0.1, 0.15) is 0 Å². The molecule has 1 N–H and O–H groups in total. The lowest BCUT2D eigenvalue weighted by Crippen LogP contribution is -2.21. The highest BCUT2D eigenvalue weighted by molar-refractivity contribution is 5.90. The van der Waals surface area contributed by atoms with Gasteiger partial charge >= 0.3 is 5.97 Å². The Hall–Kier alpha value is -2.14. The van der Waals surface area contributed by atoms with Crippen molar-refractivity contribution in [3.63, 3.8) is 0 Å². The van der Waals surface area contributed by atoms with E-state index in [1.165, 1.54) is 7.11 Å². The van der Waals surface area contributed by atoms with Crippen molar-refractivity contribution in [3.05, 3.63) is 53.9 Å². The summed E-state index contributed by atoms with van der Waals surface area (Å²) >= 11 is 0. The summed E-state index contributed by atoms with van der Waals surface area (Å²) in [6.45, 7) is 2.22. The Kier molecular flexibility index (Phi) is 4.69. The summed E-state index contributed by atoms with van der Waals surface area (Å²) in [6.07, 6.45) is 3.68. The van der Waals surface area contributed by atoms with Gasteiger partial charge in [-0.2, -0.15) is 5.10 Å². The van der Waals surface area contributed by atoms with E-state index in [-0.39, 0.29) is 5.97 Å². The van der Waals surface area contributed by atoms with E-state index < -0.39 is 0 Å². The van der Waals surface area contributed by atoms with Crippen molar-refractivity contribution in [2.45, 2.75) is 13.1 Å². The van der Waals surface area contributed by atoms with Crippen LogP contribution in [-0.2, 0) is 17.8 Å². The Balaban J connectivity index is 1.87. The van der Waals surface area contributed by atoms with Gasteiger partial charge in [-0.05, 0) is 17.7 Å². The van der Waals surface area contributed by atoms with E-state index in [0.717, 1.165) is 18.7 Å².